The van der Waals surface area contributed by atoms with E-state index in [1.807, 2.05) is 6.92 Å². The molecule has 2 aromatic rings. The summed E-state index contributed by atoms with van der Waals surface area (Å²) in [5.41, 5.74) is 2.40. The van der Waals surface area contributed by atoms with E-state index in [1.165, 1.54) is 24.3 Å². The number of rotatable bonds is 5. The molecule has 0 saturated heterocycles. The van der Waals surface area contributed by atoms with E-state index >= 15 is 0 Å². The number of hydrogen-bond acceptors (Lipinski definition) is 6. The third-order valence-electron chi connectivity index (χ3n) is 3.75. The van der Waals surface area contributed by atoms with Gasteiger partial charge in [0.05, 0.1) is 12.6 Å². The van der Waals surface area contributed by atoms with Gasteiger partial charge in [-0.3, -0.25) is 9.98 Å². The molecule has 0 aromatic heterocycles. The Balaban J connectivity index is 2.11. The molecular weight excluding hydrogens is 320 g/mol. The van der Waals surface area contributed by atoms with Gasteiger partial charge in [0.1, 0.15) is 23.0 Å². The largest absolute Gasteiger partial charge is 0.508 e. The van der Waals surface area contributed by atoms with Crippen LogP contribution in [-0.4, -0.2) is 44.4 Å². The second-order valence-corrected chi connectivity index (χ2v) is 5.89. The molecule has 2 rings (SSSR count). The molecule has 0 radical (unpaired) electrons. The molecule has 0 saturated carbocycles. The fourth-order valence-corrected chi connectivity index (χ4v) is 2.45. The highest BCUT2D eigenvalue weighted by atomic mass is 16.3. The summed E-state index contributed by atoms with van der Waals surface area (Å²) in [6.07, 6.45) is 0. The molecule has 2 aromatic carbocycles. The van der Waals surface area contributed by atoms with Crippen molar-refractivity contribution in [3.63, 3.8) is 0 Å². The predicted octanol–water partition coefficient (Wildman–Crippen LogP) is 3.22. The van der Waals surface area contributed by atoms with Crippen LogP contribution in [0.15, 0.2) is 46.4 Å². The van der Waals surface area contributed by atoms with Gasteiger partial charge in [0, 0.05) is 34.7 Å². The number of aliphatic imine (C=N–C) groups is 2. The number of phenols is 4. The van der Waals surface area contributed by atoms with Crippen molar-refractivity contribution in [2.75, 3.05) is 6.54 Å². The molecule has 132 valence electrons. The Morgan fingerprint density at radius 3 is 1.80 bits per heavy atom. The fourth-order valence-electron chi connectivity index (χ4n) is 2.45. The van der Waals surface area contributed by atoms with Gasteiger partial charge in [-0.05, 0) is 45.0 Å². The van der Waals surface area contributed by atoms with Crippen LogP contribution in [0.2, 0.25) is 0 Å². The number of nitrogens with zero attached hydrogens (tertiary/aromatic N) is 2. The minimum absolute atomic E-state index is 0.00338. The summed E-state index contributed by atoms with van der Waals surface area (Å²) in [4.78, 5) is 8.94. The van der Waals surface area contributed by atoms with Gasteiger partial charge in [0.25, 0.3) is 0 Å². The first kappa shape index (κ1) is 18.3. The van der Waals surface area contributed by atoms with E-state index in [1.54, 1.807) is 26.0 Å². The highest BCUT2D eigenvalue weighted by molar-refractivity contribution is 6.02. The van der Waals surface area contributed by atoms with E-state index in [0.717, 1.165) is 0 Å². The summed E-state index contributed by atoms with van der Waals surface area (Å²) in [5.74, 6) is -0.0582. The molecule has 25 heavy (non-hydrogen) atoms. The predicted molar refractivity (Wildman–Crippen MR) is 98.3 cm³/mol. The van der Waals surface area contributed by atoms with Crippen molar-refractivity contribution in [2.24, 2.45) is 9.98 Å². The van der Waals surface area contributed by atoms with Crippen LogP contribution in [0.4, 0.5) is 0 Å². The average Bonchev–Trinajstić information content (AvgIpc) is 2.52. The molecule has 0 aliphatic heterocycles. The average molecular weight is 342 g/mol. The maximum atomic E-state index is 9.88. The molecule has 1 unspecified atom stereocenters. The number of aromatic hydroxyl groups is 4. The van der Waals surface area contributed by atoms with Gasteiger partial charge in [-0.1, -0.05) is 0 Å². The zero-order valence-electron chi connectivity index (χ0n) is 14.4. The Morgan fingerprint density at radius 2 is 1.32 bits per heavy atom. The Morgan fingerprint density at radius 1 is 0.840 bits per heavy atom. The van der Waals surface area contributed by atoms with Gasteiger partial charge >= 0.3 is 0 Å². The van der Waals surface area contributed by atoms with Gasteiger partial charge in [0.15, 0.2) is 0 Å². The minimum Gasteiger partial charge on any atom is -0.508 e. The van der Waals surface area contributed by atoms with Gasteiger partial charge in [-0.25, -0.2) is 0 Å². The van der Waals surface area contributed by atoms with Gasteiger partial charge in [-0.15, -0.1) is 0 Å². The molecule has 0 amide bonds. The van der Waals surface area contributed by atoms with Crippen LogP contribution in [-0.2, 0) is 0 Å². The second-order valence-electron chi connectivity index (χ2n) is 5.89. The van der Waals surface area contributed by atoms with E-state index < -0.39 is 0 Å². The Bertz CT molecular complexity index is 828. The fraction of sp³-hybridized carbons (Fsp3) is 0.263. The van der Waals surface area contributed by atoms with Crippen LogP contribution < -0.4 is 0 Å². The van der Waals surface area contributed by atoms with E-state index in [-0.39, 0.29) is 29.0 Å². The third-order valence-corrected chi connectivity index (χ3v) is 3.75. The van der Waals surface area contributed by atoms with Crippen LogP contribution >= 0.6 is 0 Å². The van der Waals surface area contributed by atoms with E-state index in [9.17, 15) is 20.4 Å². The van der Waals surface area contributed by atoms with Crippen LogP contribution in [0, 0.1) is 0 Å². The zero-order chi connectivity index (χ0) is 18.6. The highest BCUT2D eigenvalue weighted by Gasteiger charge is 2.09. The summed E-state index contributed by atoms with van der Waals surface area (Å²) in [7, 11) is 0. The molecule has 0 fully saturated rings. The quantitative estimate of drug-likeness (QED) is 0.626. The lowest BCUT2D eigenvalue weighted by Crippen LogP contribution is -2.09. The van der Waals surface area contributed by atoms with Crippen LogP contribution in [0.5, 0.6) is 23.0 Å². The van der Waals surface area contributed by atoms with E-state index in [2.05, 4.69) is 9.98 Å². The first-order chi connectivity index (χ1) is 11.8. The molecule has 0 aliphatic carbocycles. The second kappa shape index (κ2) is 7.70. The van der Waals surface area contributed by atoms with Gasteiger partial charge in [-0.2, -0.15) is 0 Å². The standard InChI is InChI=1S/C19H22N2O4/c1-11(21-13(3)17-7-5-15(23)9-19(17)25)10-20-12(2)16-6-4-14(22)8-18(16)24/h4-9,11,22-25H,10H2,1-3H3. The monoisotopic (exact) mass is 342 g/mol. The molecule has 0 aliphatic rings. The molecule has 4 N–H and O–H groups in total. The maximum Gasteiger partial charge on any atom is 0.128 e. The summed E-state index contributed by atoms with van der Waals surface area (Å²) < 4.78 is 0. The number of phenolic OH excluding ortho intramolecular Hbond substituents is 4. The van der Waals surface area contributed by atoms with Crippen molar-refractivity contribution < 1.29 is 20.4 Å². The molecular formula is C19H22N2O4. The molecule has 1 atom stereocenters. The van der Waals surface area contributed by atoms with Crippen LogP contribution in [0.3, 0.4) is 0 Å². The Labute approximate surface area is 146 Å². The van der Waals surface area contributed by atoms with E-state index in [0.29, 0.717) is 29.1 Å². The lowest BCUT2D eigenvalue weighted by atomic mass is 10.1. The minimum atomic E-state index is -0.137. The van der Waals surface area contributed by atoms with Crippen molar-refractivity contribution in [2.45, 2.75) is 26.8 Å². The SMILES string of the molecule is CC(=NCC(C)N=C(C)c1ccc(O)cc1O)c1ccc(O)cc1O. The molecule has 0 spiro atoms. The highest BCUT2D eigenvalue weighted by Crippen LogP contribution is 2.24. The summed E-state index contributed by atoms with van der Waals surface area (Å²) in [6, 6.07) is 8.61. The van der Waals surface area contributed by atoms with E-state index in [4.69, 9.17) is 0 Å². The smallest absolute Gasteiger partial charge is 0.128 e. The van der Waals surface area contributed by atoms with Crippen molar-refractivity contribution in [3.8, 4) is 23.0 Å². The molecule has 0 heterocycles. The molecule has 6 heteroatoms. The first-order valence-corrected chi connectivity index (χ1v) is 7.88. The summed E-state index contributed by atoms with van der Waals surface area (Å²) in [6.45, 7) is 5.86. The first-order valence-electron chi connectivity index (χ1n) is 7.88. The Hall–Kier alpha value is -3.02. The normalized spacial score (nSPS) is 13.7. The maximum absolute atomic E-state index is 9.88. The molecule has 0 bridgehead atoms. The Kier molecular flexibility index (Phi) is 5.64. The van der Waals surface area contributed by atoms with Gasteiger partial charge in [0.2, 0.25) is 0 Å². The van der Waals surface area contributed by atoms with Crippen molar-refractivity contribution in [1.82, 2.24) is 0 Å². The topological polar surface area (TPSA) is 106 Å². The van der Waals surface area contributed by atoms with Crippen molar-refractivity contribution >= 4 is 11.4 Å². The summed E-state index contributed by atoms with van der Waals surface area (Å²) in [5, 5.41) is 38.4. The third kappa shape index (κ3) is 4.73. The summed E-state index contributed by atoms with van der Waals surface area (Å²) >= 11 is 0. The number of benzene rings is 2. The van der Waals surface area contributed by atoms with Crippen molar-refractivity contribution in [3.05, 3.63) is 47.5 Å². The number of hydrogen-bond donors (Lipinski definition) is 4. The zero-order valence-corrected chi connectivity index (χ0v) is 14.4. The van der Waals surface area contributed by atoms with Crippen LogP contribution in [0.25, 0.3) is 0 Å². The van der Waals surface area contributed by atoms with Crippen molar-refractivity contribution in [1.29, 1.82) is 0 Å². The van der Waals surface area contributed by atoms with Crippen LogP contribution in [0.1, 0.15) is 31.9 Å². The van der Waals surface area contributed by atoms with Gasteiger partial charge < -0.3 is 20.4 Å². The molecule has 6 nitrogen and oxygen atoms in total. The lowest BCUT2D eigenvalue weighted by molar-refractivity contribution is 0.448. The lowest BCUT2D eigenvalue weighted by Gasteiger charge is -2.10.